The first kappa shape index (κ1) is 12.5. The third kappa shape index (κ3) is 2.65. The molecule has 17 heavy (non-hydrogen) atoms. The van der Waals surface area contributed by atoms with Gasteiger partial charge in [0.05, 0.1) is 12.1 Å². The van der Waals surface area contributed by atoms with Crippen LogP contribution in [0.15, 0.2) is 4.52 Å². The Morgan fingerprint density at radius 1 is 1.47 bits per heavy atom. The quantitative estimate of drug-likeness (QED) is 0.823. The van der Waals surface area contributed by atoms with Crippen molar-refractivity contribution in [2.75, 3.05) is 33.7 Å². The lowest BCUT2D eigenvalue weighted by Gasteiger charge is -2.35. The van der Waals surface area contributed by atoms with Gasteiger partial charge in [-0.05, 0) is 20.5 Å². The van der Waals surface area contributed by atoms with Crippen molar-refractivity contribution in [1.82, 2.24) is 19.9 Å². The summed E-state index contributed by atoms with van der Waals surface area (Å²) >= 11 is 0. The average molecular weight is 239 g/mol. The molecule has 96 valence electrons. The molecule has 1 aromatic rings. The maximum atomic E-state index is 5.88. The van der Waals surface area contributed by atoms with Gasteiger partial charge in [-0.2, -0.15) is 4.98 Å². The molecule has 1 aliphatic heterocycles. The van der Waals surface area contributed by atoms with Gasteiger partial charge in [0.1, 0.15) is 0 Å². The highest BCUT2D eigenvalue weighted by Gasteiger charge is 2.28. The smallest absolute Gasteiger partial charge is 0.243 e. The van der Waals surface area contributed by atoms with Crippen LogP contribution in [0.1, 0.15) is 37.1 Å². The number of aromatic nitrogens is 2. The van der Waals surface area contributed by atoms with Crippen LogP contribution in [-0.4, -0.2) is 53.7 Å². The van der Waals surface area contributed by atoms with Crippen LogP contribution < -0.4 is 5.73 Å². The maximum Gasteiger partial charge on any atom is 0.243 e. The molecule has 2 heterocycles. The van der Waals surface area contributed by atoms with Gasteiger partial charge >= 0.3 is 0 Å². The molecule has 0 aromatic carbocycles. The number of hydrogen-bond donors (Lipinski definition) is 1. The fourth-order valence-corrected chi connectivity index (χ4v) is 2.00. The molecule has 0 radical (unpaired) electrons. The Balaban J connectivity index is 2.13. The molecule has 0 aliphatic carbocycles. The number of likely N-dealkylation sites (N-methyl/N-ethyl adjacent to an activating group) is 2. The third-order valence-corrected chi connectivity index (χ3v) is 3.36. The lowest BCUT2D eigenvalue weighted by atomic mass is 10.2. The molecule has 0 bridgehead atoms. The molecular formula is C11H21N5O. The predicted molar refractivity (Wildman–Crippen MR) is 64.4 cm³/mol. The van der Waals surface area contributed by atoms with E-state index in [2.05, 4.69) is 34.0 Å². The fourth-order valence-electron chi connectivity index (χ4n) is 2.00. The van der Waals surface area contributed by atoms with Crippen LogP contribution in [-0.2, 0) is 0 Å². The average Bonchev–Trinajstić information content (AvgIpc) is 2.80. The van der Waals surface area contributed by atoms with E-state index in [4.69, 9.17) is 10.3 Å². The lowest BCUT2D eigenvalue weighted by molar-refractivity contribution is 0.108. The largest absolute Gasteiger partial charge is 0.338 e. The van der Waals surface area contributed by atoms with E-state index >= 15 is 0 Å². The topological polar surface area (TPSA) is 71.4 Å². The van der Waals surface area contributed by atoms with E-state index in [-0.39, 0.29) is 12.1 Å². The second kappa shape index (κ2) is 5.12. The van der Waals surface area contributed by atoms with Crippen LogP contribution in [0.25, 0.3) is 0 Å². The second-order valence-electron chi connectivity index (χ2n) is 4.76. The highest BCUT2D eigenvalue weighted by molar-refractivity contribution is 4.99. The molecule has 2 N–H and O–H groups in total. The van der Waals surface area contributed by atoms with Crippen molar-refractivity contribution in [3.05, 3.63) is 11.7 Å². The third-order valence-electron chi connectivity index (χ3n) is 3.36. The van der Waals surface area contributed by atoms with Crippen molar-refractivity contribution in [3.8, 4) is 0 Å². The van der Waals surface area contributed by atoms with Crippen molar-refractivity contribution in [2.24, 2.45) is 5.73 Å². The molecule has 1 fully saturated rings. The summed E-state index contributed by atoms with van der Waals surface area (Å²) in [6.45, 7) is 5.03. The van der Waals surface area contributed by atoms with Gasteiger partial charge < -0.3 is 15.2 Å². The van der Waals surface area contributed by atoms with Crippen molar-refractivity contribution >= 4 is 0 Å². The second-order valence-corrected chi connectivity index (χ2v) is 4.76. The van der Waals surface area contributed by atoms with Gasteiger partial charge in [0, 0.05) is 19.6 Å². The van der Waals surface area contributed by atoms with Crippen LogP contribution in [0.2, 0.25) is 0 Å². The predicted octanol–water partition coefficient (Wildman–Crippen LogP) is 0.398. The van der Waals surface area contributed by atoms with Crippen molar-refractivity contribution in [1.29, 1.82) is 0 Å². The first-order valence-electron chi connectivity index (χ1n) is 6.09. The van der Waals surface area contributed by atoms with Crippen molar-refractivity contribution in [2.45, 2.75) is 25.4 Å². The van der Waals surface area contributed by atoms with E-state index in [1.807, 2.05) is 6.92 Å². The number of nitrogens with two attached hydrogens (primary N) is 1. The fraction of sp³-hybridized carbons (Fsp3) is 0.818. The molecule has 2 atom stereocenters. The number of hydrogen-bond acceptors (Lipinski definition) is 6. The Morgan fingerprint density at radius 3 is 2.94 bits per heavy atom. The van der Waals surface area contributed by atoms with E-state index < -0.39 is 0 Å². The molecule has 6 nitrogen and oxygen atoms in total. The molecule has 1 aromatic heterocycles. The Hall–Kier alpha value is -0.980. The van der Waals surface area contributed by atoms with Crippen LogP contribution >= 0.6 is 0 Å². The summed E-state index contributed by atoms with van der Waals surface area (Å²) in [7, 11) is 4.20. The minimum Gasteiger partial charge on any atom is -0.338 e. The summed E-state index contributed by atoms with van der Waals surface area (Å²) < 4.78 is 5.22. The molecule has 6 heteroatoms. The van der Waals surface area contributed by atoms with E-state index in [9.17, 15) is 0 Å². The van der Waals surface area contributed by atoms with Crippen LogP contribution in [0.4, 0.5) is 0 Å². The summed E-state index contributed by atoms with van der Waals surface area (Å²) in [5.41, 5.74) is 5.88. The van der Waals surface area contributed by atoms with Crippen LogP contribution in [0.3, 0.4) is 0 Å². The molecule has 0 amide bonds. The van der Waals surface area contributed by atoms with Gasteiger partial charge in [-0.15, -0.1) is 0 Å². The minimum absolute atomic E-state index is 0.150. The normalized spacial score (nSPS) is 25.1. The Kier molecular flexibility index (Phi) is 3.76. The SMILES string of the molecule is CCC(N)c1nc(C2CN(C)CCN2C)no1. The van der Waals surface area contributed by atoms with E-state index in [0.717, 1.165) is 31.9 Å². The molecule has 1 saturated heterocycles. The zero-order chi connectivity index (χ0) is 12.4. The van der Waals surface area contributed by atoms with E-state index in [1.54, 1.807) is 0 Å². The minimum atomic E-state index is -0.150. The molecule has 2 unspecified atom stereocenters. The molecule has 1 aliphatic rings. The van der Waals surface area contributed by atoms with Crippen molar-refractivity contribution < 1.29 is 4.52 Å². The van der Waals surface area contributed by atoms with E-state index in [0.29, 0.717) is 5.89 Å². The van der Waals surface area contributed by atoms with Gasteiger partial charge in [-0.1, -0.05) is 12.1 Å². The van der Waals surface area contributed by atoms with Crippen molar-refractivity contribution in [3.63, 3.8) is 0 Å². The zero-order valence-electron chi connectivity index (χ0n) is 10.8. The first-order valence-corrected chi connectivity index (χ1v) is 6.09. The summed E-state index contributed by atoms with van der Waals surface area (Å²) in [4.78, 5) is 8.95. The van der Waals surface area contributed by atoms with Gasteiger partial charge in [0.15, 0.2) is 5.82 Å². The van der Waals surface area contributed by atoms with E-state index in [1.165, 1.54) is 0 Å². The maximum absolute atomic E-state index is 5.88. The Labute approximate surface area is 102 Å². The highest BCUT2D eigenvalue weighted by atomic mass is 16.5. The van der Waals surface area contributed by atoms with Gasteiger partial charge in [0.25, 0.3) is 0 Å². The van der Waals surface area contributed by atoms with Crippen LogP contribution in [0.5, 0.6) is 0 Å². The van der Waals surface area contributed by atoms with Gasteiger partial charge in [-0.25, -0.2) is 0 Å². The Bertz CT molecular complexity index is 366. The standard InChI is InChI=1S/C11H21N5O/c1-4-8(12)11-13-10(14-17-11)9-7-15(2)5-6-16(9)3/h8-9H,4-7,12H2,1-3H3. The first-order chi connectivity index (χ1) is 8.11. The zero-order valence-corrected chi connectivity index (χ0v) is 10.8. The number of nitrogens with zero attached hydrogens (tertiary/aromatic N) is 4. The highest BCUT2D eigenvalue weighted by Crippen LogP contribution is 2.22. The van der Waals surface area contributed by atoms with Crippen LogP contribution in [0, 0.1) is 0 Å². The molecule has 0 spiro atoms. The number of piperazine rings is 1. The molecule has 0 saturated carbocycles. The Morgan fingerprint density at radius 2 is 2.24 bits per heavy atom. The summed E-state index contributed by atoms with van der Waals surface area (Å²) in [6, 6.07) is 0.0539. The summed E-state index contributed by atoms with van der Waals surface area (Å²) in [6.07, 6.45) is 0.808. The monoisotopic (exact) mass is 239 g/mol. The number of rotatable bonds is 3. The summed E-state index contributed by atoms with van der Waals surface area (Å²) in [5, 5.41) is 4.06. The molecule has 2 rings (SSSR count). The van der Waals surface area contributed by atoms with Gasteiger partial charge in [-0.3, -0.25) is 4.90 Å². The molecular weight excluding hydrogens is 218 g/mol. The lowest BCUT2D eigenvalue weighted by Crippen LogP contribution is -2.45. The van der Waals surface area contributed by atoms with Gasteiger partial charge in [0.2, 0.25) is 5.89 Å². The summed E-state index contributed by atoms with van der Waals surface area (Å²) in [5.74, 6) is 1.29.